The molecule has 0 bridgehead atoms. The van der Waals surface area contributed by atoms with E-state index in [0.29, 0.717) is 11.7 Å². The monoisotopic (exact) mass is 297 g/mol. The van der Waals surface area contributed by atoms with Gasteiger partial charge in [0.25, 0.3) is 0 Å². The number of ether oxygens (including phenoxy) is 1. The van der Waals surface area contributed by atoms with Gasteiger partial charge in [0.1, 0.15) is 5.75 Å². The van der Waals surface area contributed by atoms with Crippen molar-refractivity contribution in [3.63, 3.8) is 0 Å². The summed E-state index contributed by atoms with van der Waals surface area (Å²) in [6.07, 6.45) is 1.88. The summed E-state index contributed by atoms with van der Waals surface area (Å²) in [6, 6.07) is 11.3. The van der Waals surface area contributed by atoms with Crippen LogP contribution in [0.1, 0.15) is 37.3 Å². The van der Waals surface area contributed by atoms with E-state index in [1.165, 1.54) is 0 Å². The van der Waals surface area contributed by atoms with Gasteiger partial charge in [-0.25, -0.2) is 4.98 Å². The number of likely N-dealkylation sites (tertiary alicyclic amines) is 1. The third kappa shape index (κ3) is 3.08. The summed E-state index contributed by atoms with van der Waals surface area (Å²) in [5.74, 6) is 1.99. The van der Waals surface area contributed by atoms with Gasteiger partial charge in [0.05, 0.1) is 6.04 Å². The van der Waals surface area contributed by atoms with Crippen LogP contribution in [0.5, 0.6) is 11.6 Å². The Morgan fingerprint density at radius 1 is 1.27 bits per heavy atom. The number of hydrogen-bond donors (Lipinski definition) is 0. The Balaban J connectivity index is 1.88. The van der Waals surface area contributed by atoms with E-state index in [2.05, 4.69) is 9.97 Å². The van der Waals surface area contributed by atoms with Crippen LogP contribution in [0.15, 0.2) is 36.4 Å². The molecule has 1 atom stereocenters. The molecular weight excluding hydrogens is 278 g/mol. The first kappa shape index (κ1) is 14.5. The first-order valence-electron chi connectivity index (χ1n) is 7.49. The lowest BCUT2D eigenvalue weighted by atomic mass is 10.2. The molecule has 1 fully saturated rings. The lowest BCUT2D eigenvalue weighted by Crippen LogP contribution is -2.29. The van der Waals surface area contributed by atoms with Gasteiger partial charge < -0.3 is 9.64 Å². The Bertz CT molecular complexity index is 673. The molecule has 0 aliphatic carbocycles. The Morgan fingerprint density at radius 3 is 2.77 bits per heavy atom. The highest BCUT2D eigenvalue weighted by Gasteiger charge is 2.30. The van der Waals surface area contributed by atoms with Crippen LogP contribution in [-0.4, -0.2) is 27.3 Å². The van der Waals surface area contributed by atoms with E-state index in [-0.39, 0.29) is 11.9 Å². The zero-order valence-electron chi connectivity index (χ0n) is 12.8. The average molecular weight is 297 g/mol. The summed E-state index contributed by atoms with van der Waals surface area (Å²) in [5, 5.41) is 0. The van der Waals surface area contributed by atoms with Crippen molar-refractivity contribution in [2.24, 2.45) is 0 Å². The Kier molecular flexibility index (Phi) is 4.04. The van der Waals surface area contributed by atoms with Crippen LogP contribution in [0, 0.1) is 6.92 Å². The summed E-state index contributed by atoms with van der Waals surface area (Å²) >= 11 is 0. The number of aromatic nitrogens is 2. The minimum atomic E-state index is -0.0458. The molecule has 0 saturated carbocycles. The van der Waals surface area contributed by atoms with Crippen LogP contribution in [0.4, 0.5) is 0 Å². The molecule has 1 aromatic heterocycles. The SMILES string of the molecule is CC(=O)N1CCCC1c1nc(C)cc(Oc2ccccc2)n1. The van der Waals surface area contributed by atoms with E-state index >= 15 is 0 Å². The summed E-state index contributed by atoms with van der Waals surface area (Å²) in [7, 11) is 0. The van der Waals surface area contributed by atoms with Gasteiger partial charge >= 0.3 is 0 Å². The van der Waals surface area contributed by atoms with Gasteiger partial charge in [-0.05, 0) is 31.9 Å². The zero-order chi connectivity index (χ0) is 15.5. The lowest BCUT2D eigenvalue weighted by molar-refractivity contribution is -0.129. The predicted molar refractivity (Wildman–Crippen MR) is 82.6 cm³/mol. The summed E-state index contributed by atoms with van der Waals surface area (Å²) in [4.78, 5) is 22.6. The summed E-state index contributed by atoms with van der Waals surface area (Å²) < 4.78 is 5.80. The van der Waals surface area contributed by atoms with E-state index < -0.39 is 0 Å². The van der Waals surface area contributed by atoms with Crippen LogP contribution in [0.3, 0.4) is 0 Å². The quantitative estimate of drug-likeness (QED) is 0.872. The van der Waals surface area contributed by atoms with E-state index in [4.69, 9.17) is 4.74 Å². The Hall–Kier alpha value is -2.43. The molecule has 1 aliphatic rings. The fraction of sp³-hybridized carbons (Fsp3) is 0.353. The van der Waals surface area contributed by atoms with Crippen molar-refractivity contribution in [1.82, 2.24) is 14.9 Å². The van der Waals surface area contributed by atoms with E-state index in [9.17, 15) is 4.79 Å². The van der Waals surface area contributed by atoms with Crippen molar-refractivity contribution >= 4 is 5.91 Å². The van der Waals surface area contributed by atoms with Gasteiger partial charge in [-0.2, -0.15) is 4.98 Å². The molecule has 3 rings (SSSR count). The van der Waals surface area contributed by atoms with Crippen molar-refractivity contribution in [3.05, 3.63) is 47.9 Å². The Labute approximate surface area is 130 Å². The van der Waals surface area contributed by atoms with E-state index in [1.807, 2.05) is 48.2 Å². The number of para-hydroxylation sites is 1. The number of carbonyl (C=O) groups excluding carboxylic acids is 1. The molecule has 1 unspecified atom stereocenters. The Morgan fingerprint density at radius 2 is 2.05 bits per heavy atom. The van der Waals surface area contributed by atoms with Crippen molar-refractivity contribution in [2.45, 2.75) is 32.7 Å². The molecule has 5 heteroatoms. The molecule has 114 valence electrons. The largest absolute Gasteiger partial charge is 0.439 e. The number of amides is 1. The molecule has 1 aliphatic heterocycles. The van der Waals surface area contributed by atoms with E-state index in [1.54, 1.807) is 6.92 Å². The molecule has 1 amide bonds. The highest BCUT2D eigenvalue weighted by molar-refractivity contribution is 5.74. The highest BCUT2D eigenvalue weighted by Crippen LogP contribution is 2.31. The molecule has 2 aromatic rings. The van der Waals surface area contributed by atoms with Gasteiger partial charge in [0.15, 0.2) is 5.82 Å². The van der Waals surface area contributed by atoms with Crippen LogP contribution in [0.2, 0.25) is 0 Å². The average Bonchev–Trinajstić information content (AvgIpc) is 2.97. The number of rotatable bonds is 3. The second kappa shape index (κ2) is 6.13. The minimum absolute atomic E-state index is 0.0458. The van der Waals surface area contributed by atoms with Crippen molar-refractivity contribution in [2.75, 3.05) is 6.54 Å². The molecule has 1 saturated heterocycles. The van der Waals surface area contributed by atoms with Crippen LogP contribution >= 0.6 is 0 Å². The number of aryl methyl sites for hydroxylation is 1. The molecule has 0 spiro atoms. The summed E-state index contributed by atoms with van der Waals surface area (Å²) in [5.41, 5.74) is 0.839. The standard InChI is InChI=1S/C17H19N3O2/c1-12-11-16(22-14-7-4-3-5-8-14)19-17(18-12)15-9-6-10-20(15)13(2)21/h3-5,7-8,11,15H,6,9-10H2,1-2H3. The second-order valence-corrected chi connectivity index (χ2v) is 5.49. The first-order valence-corrected chi connectivity index (χ1v) is 7.49. The fourth-order valence-electron chi connectivity index (χ4n) is 2.78. The minimum Gasteiger partial charge on any atom is -0.439 e. The first-order chi connectivity index (χ1) is 10.6. The maximum atomic E-state index is 11.7. The highest BCUT2D eigenvalue weighted by atomic mass is 16.5. The van der Waals surface area contributed by atoms with Crippen LogP contribution in [-0.2, 0) is 4.79 Å². The fourth-order valence-corrected chi connectivity index (χ4v) is 2.78. The van der Waals surface area contributed by atoms with Gasteiger partial charge in [-0.15, -0.1) is 0 Å². The maximum absolute atomic E-state index is 11.7. The normalized spacial score (nSPS) is 17.5. The smallest absolute Gasteiger partial charge is 0.222 e. The third-order valence-corrected chi connectivity index (χ3v) is 3.77. The summed E-state index contributed by atoms with van der Waals surface area (Å²) in [6.45, 7) is 4.28. The van der Waals surface area contributed by atoms with Crippen molar-refractivity contribution < 1.29 is 9.53 Å². The third-order valence-electron chi connectivity index (χ3n) is 3.77. The molecule has 2 heterocycles. The predicted octanol–water partition coefficient (Wildman–Crippen LogP) is 3.26. The van der Waals surface area contributed by atoms with Gasteiger partial charge in [-0.1, -0.05) is 18.2 Å². The maximum Gasteiger partial charge on any atom is 0.222 e. The number of hydrogen-bond acceptors (Lipinski definition) is 4. The zero-order valence-corrected chi connectivity index (χ0v) is 12.8. The number of carbonyl (C=O) groups is 1. The number of nitrogens with zero attached hydrogens (tertiary/aromatic N) is 3. The molecule has 0 N–H and O–H groups in total. The van der Waals surface area contributed by atoms with Crippen molar-refractivity contribution in [1.29, 1.82) is 0 Å². The van der Waals surface area contributed by atoms with E-state index in [0.717, 1.165) is 30.8 Å². The van der Waals surface area contributed by atoms with Crippen molar-refractivity contribution in [3.8, 4) is 11.6 Å². The topological polar surface area (TPSA) is 55.3 Å². The number of benzene rings is 1. The molecule has 0 radical (unpaired) electrons. The van der Waals surface area contributed by atoms with Gasteiger partial charge in [0, 0.05) is 25.2 Å². The molecule has 1 aromatic carbocycles. The van der Waals surface area contributed by atoms with Gasteiger partial charge in [0.2, 0.25) is 11.8 Å². The molecule has 22 heavy (non-hydrogen) atoms. The van der Waals surface area contributed by atoms with Gasteiger partial charge in [-0.3, -0.25) is 4.79 Å². The molecule has 5 nitrogen and oxygen atoms in total. The van der Waals surface area contributed by atoms with Crippen LogP contribution in [0.25, 0.3) is 0 Å². The second-order valence-electron chi connectivity index (χ2n) is 5.49. The van der Waals surface area contributed by atoms with Crippen LogP contribution < -0.4 is 4.74 Å². The lowest BCUT2D eigenvalue weighted by Gasteiger charge is -2.22. The molecular formula is C17H19N3O2.